The van der Waals surface area contributed by atoms with Gasteiger partial charge in [0.1, 0.15) is 5.58 Å². The summed E-state index contributed by atoms with van der Waals surface area (Å²) in [6, 6.07) is 18.5. The number of fused-ring (bicyclic) bond motifs is 1. The number of hydrogen-bond acceptors (Lipinski definition) is 4. The molecule has 3 aromatic carbocycles. The van der Waals surface area contributed by atoms with Crippen molar-refractivity contribution in [3.8, 4) is 17.1 Å². The Labute approximate surface area is 190 Å². The van der Waals surface area contributed by atoms with Crippen LogP contribution in [0.5, 0.6) is 5.75 Å². The first-order valence-electron chi connectivity index (χ1n) is 8.87. The van der Waals surface area contributed by atoms with Gasteiger partial charge in [0.15, 0.2) is 18.2 Å². The van der Waals surface area contributed by atoms with Gasteiger partial charge in [-0.25, -0.2) is 0 Å². The zero-order valence-corrected chi connectivity index (χ0v) is 18.4. The Morgan fingerprint density at radius 1 is 1.00 bits per heavy atom. The van der Waals surface area contributed by atoms with Crippen molar-refractivity contribution in [3.05, 3.63) is 97.0 Å². The zero-order chi connectivity index (χ0) is 21.3. The summed E-state index contributed by atoms with van der Waals surface area (Å²) in [5.41, 5.74) is 0.855. The fourth-order valence-corrected chi connectivity index (χ4v) is 3.62. The van der Waals surface area contributed by atoms with Crippen molar-refractivity contribution in [1.29, 1.82) is 0 Å². The number of rotatable bonds is 5. The third kappa shape index (κ3) is 4.15. The van der Waals surface area contributed by atoms with Crippen molar-refractivity contribution >= 4 is 55.9 Å². The molecule has 30 heavy (non-hydrogen) atoms. The molecule has 4 aromatic rings. The van der Waals surface area contributed by atoms with Gasteiger partial charge < -0.3 is 9.15 Å². The second kappa shape index (κ2) is 8.64. The summed E-state index contributed by atoms with van der Waals surface area (Å²) < 4.78 is 12.5. The van der Waals surface area contributed by atoms with Crippen molar-refractivity contribution in [2.75, 3.05) is 6.61 Å². The molecule has 150 valence electrons. The van der Waals surface area contributed by atoms with Gasteiger partial charge in [0, 0.05) is 20.6 Å². The fourth-order valence-electron chi connectivity index (χ4n) is 2.96. The van der Waals surface area contributed by atoms with Gasteiger partial charge in [0.25, 0.3) is 0 Å². The Morgan fingerprint density at radius 2 is 1.73 bits per heavy atom. The van der Waals surface area contributed by atoms with E-state index in [0.717, 1.165) is 4.47 Å². The molecule has 1 heterocycles. The van der Waals surface area contributed by atoms with Crippen LogP contribution >= 0.6 is 39.1 Å². The lowest BCUT2D eigenvalue weighted by atomic mass is 10.1. The first-order valence-corrected chi connectivity index (χ1v) is 10.4. The maximum Gasteiger partial charge on any atom is 0.235 e. The average Bonchev–Trinajstić information content (AvgIpc) is 2.74. The van der Waals surface area contributed by atoms with E-state index in [4.69, 9.17) is 32.4 Å². The molecule has 0 fully saturated rings. The number of carbonyl (C=O) groups is 1. The van der Waals surface area contributed by atoms with E-state index < -0.39 is 5.43 Å². The normalized spacial score (nSPS) is 10.9. The topological polar surface area (TPSA) is 56.5 Å². The first-order chi connectivity index (χ1) is 14.4. The van der Waals surface area contributed by atoms with Crippen molar-refractivity contribution in [1.82, 2.24) is 0 Å². The summed E-state index contributed by atoms with van der Waals surface area (Å²) in [5, 5.41) is 1.03. The van der Waals surface area contributed by atoms with Crippen LogP contribution in [0.4, 0.5) is 0 Å². The van der Waals surface area contributed by atoms with Gasteiger partial charge in [-0.2, -0.15) is 0 Å². The number of hydrogen-bond donors (Lipinski definition) is 0. The van der Waals surface area contributed by atoms with Crippen molar-refractivity contribution in [3.63, 3.8) is 0 Å². The molecule has 0 radical (unpaired) electrons. The van der Waals surface area contributed by atoms with E-state index in [2.05, 4.69) is 15.9 Å². The number of benzene rings is 3. The number of ether oxygens (including phenoxy) is 1. The van der Waals surface area contributed by atoms with Gasteiger partial charge in [-0.3, -0.25) is 9.59 Å². The van der Waals surface area contributed by atoms with E-state index in [1.54, 1.807) is 60.7 Å². The van der Waals surface area contributed by atoms with Gasteiger partial charge in [-0.1, -0.05) is 63.4 Å². The largest absolute Gasteiger partial charge is 0.478 e. The SMILES string of the molecule is O=C(COc1c(-c2ccccc2Cl)oc2ccc(Cl)cc2c1=O)c1ccc(Br)cc1. The summed E-state index contributed by atoms with van der Waals surface area (Å²) in [5.74, 6) is -0.217. The molecular weight excluding hydrogens is 491 g/mol. The lowest BCUT2D eigenvalue weighted by Gasteiger charge is -2.12. The molecule has 0 aliphatic carbocycles. The maximum absolute atomic E-state index is 13.2. The molecule has 4 rings (SSSR count). The highest BCUT2D eigenvalue weighted by molar-refractivity contribution is 9.10. The van der Waals surface area contributed by atoms with Crippen LogP contribution in [0.3, 0.4) is 0 Å². The van der Waals surface area contributed by atoms with Gasteiger partial charge in [-0.15, -0.1) is 0 Å². The number of carbonyl (C=O) groups excluding carboxylic acids is 1. The zero-order valence-electron chi connectivity index (χ0n) is 15.3. The molecule has 0 amide bonds. The van der Waals surface area contributed by atoms with Gasteiger partial charge in [-0.05, 0) is 42.5 Å². The lowest BCUT2D eigenvalue weighted by Crippen LogP contribution is -2.17. The third-order valence-electron chi connectivity index (χ3n) is 4.44. The highest BCUT2D eigenvalue weighted by Gasteiger charge is 2.21. The molecule has 0 aliphatic heterocycles. The second-order valence-corrected chi connectivity index (χ2v) is 8.19. The predicted molar refractivity (Wildman–Crippen MR) is 122 cm³/mol. The highest BCUT2D eigenvalue weighted by Crippen LogP contribution is 2.35. The monoisotopic (exact) mass is 502 g/mol. The molecule has 0 unspecified atom stereocenters. The molecule has 0 spiro atoms. The molecule has 0 N–H and O–H groups in total. The number of halogens is 3. The van der Waals surface area contributed by atoms with Crippen molar-refractivity contribution in [2.24, 2.45) is 0 Å². The molecule has 0 bridgehead atoms. The standard InChI is InChI=1S/C23H13BrCl2O4/c24-14-7-5-13(6-8-14)19(27)12-29-23-21(28)17-11-15(25)9-10-20(17)30-22(23)16-3-1-2-4-18(16)26/h1-11H,12H2. The minimum absolute atomic E-state index is 0.0941. The summed E-state index contributed by atoms with van der Waals surface area (Å²) >= 11 is 15.7. The number of ketones is 1. The van der Waals surface area contributed by atoms with Crippen LogP contribution in [0.1, 0.15) is 10.4 Å². The van der Waals surface area contributed by atoms with Gasteiger partial charge in [0.2, 0.25) is 11.2 Å². The van der Waals surface area contributed by atoms with E-state index in [9.17, 15) is 9.59 Å². The van der Waals surface area contributed by atoms with Gasteiger partial charge >= 0.3 is 0 Å². The van der Waals surface area contributed by atoms with Crippen LogP contribution in [0, 0.1) is 0 Å². The Hall–Kier alpha value is -2.60. The summed E-state index contributed by atoms with van der Waals surface area (Å²) in [6.45, 7) is -0.337. The van der Waals surface area contributed by atoms with E-state index in [1.807, 2.05) is 0 Å². The predicted octanol–water partition coefficient (Wildman–Crippen LogP) is 6.79. The van der Waals surface area contributed by atoms with Crippen LogP contribution in [-0.2, 0) is 0 Å². The molecule has 0 aliphatic rings. The third-order valence-corrected chi connectivity index (χ3v) is 5.54. The quantitative estimate of drug-likeness (QED) is 0.281. The van der Waals surface area contributed by atoms with Crippen LogP contribution < -0.4 is 10.2 Å². The van der Waals surface area contributed by atoms with E-state index in [-0.39, 0.29) is 29.3 Å². The summed E-state index contributed by atoms with van der Waals surface area (Å²) in [4.78, 5) is 25.7. The molecule has 0 saturated carbocycles. The van der Waals surface area contributed by atoms with Crippen LogP contribution in [0.15, 0.2) is 80.4 Å². The second-order valence-electron chi connectivity index (χ2n) is 6.43. The molecule has 4 nitrogen and oxygen atoms in total. The molecule has 0 saturated heterocycles. The van der Waals surface area contributed by atoms with E-state index in [1.165, 1.54) is 6.07 Å². The Kier molecular flexibility index (Phi) is 5.95. The molecule has 0 atom stereocenters. The van der Waals surface area contributed by atoms with Crippen LogP contribution in [0.25, 0.3) is 22.3 Å². The summed E-state index contributed by atoms with van der Waals surface area (Å²) in [6.07, 6.45) is 0. The van der Waals surface area contributed by atoms with Crippen molar-refractivity contribution in [2.45, 2.75) is 0 Å². The van der Waals surface area contributed by atoms with Gasteiger partial charge in [0.05, 0.1) is 10.4 Å². The van der Waals surface area contributed by atoms with E-state index >= 15 is 0 Å². The molecule has 1 aromatic heterocycles. The first kappa shape index (κ1) is 20.7. The minimum Gasteiger partial charge on any atom is -0.478 e. The Morgan fingerprint density at radius 3 is 2.47 bits per heavy atom. The maximum atomic E-state index is 13.2. The fraction of sp³-hybridized carbons (Fsp3) is 0.0435. The van der Waals surface area contributed by atoms with Crippen LogP contribution in [0.2, 0.25) is 10.0 Å². The highest BCUT2D eigenvalue weighted by atomic mass is 79.9. The van der Waals surface area contributed by atoms with Crippen LogP contribution in [-0.4, -0.2) is 12.4 Å². The molecule has 7 heteroatoms. The smallest absolute Gasteiger partial charge is 0.235 e. The number of Topliss-reactive ketones (excluding diaryl/α,β-unsaturated/α-hetero) is 1. The minimum atomic E-state index is -0.433. The lowest BCUT2D eigenvalue weighted by molar-refractivity contribution is 0.0920. The summed E-state index contributed by atoms with van der Waals surface area (Å²) in [7, 11) is 0. The average molecular weight is 504 g/mol. The Bertz CT molecular complexity index is 1310. The van der Waals surface area contributed by atoms with Crippen molar-refractivity contribution < 1.29 is 13.9 Å². The van der Waals surface area contributed by atoms with E-state index in [0.29, 0.717) is 26.8 Å². The molecular formula is C23H13BrCl2O4. The Balaban J connectivity index is 1.80.